The first-order valence-electron chi connectivity index (χ1n) is 6.45. The van der Waals surface area contributed by atoms with Gasteiger partial charge in [0.25, 0.3) is 0 Å². The molecule has 0 saturated carbocycles. The van der Waals surface area contributed by atoms with Gasteiger partial charge in [-0.2, -0.15) is 0 Å². The molecule has 0 aliphatic carbocycles. The summed E-state index contributed by atoms with van der Waals surface area (Å²) in [4.78, 5) is 0. The van der Waals surface area contributed by atoms with Crippen molar-refractivity contribution in [2.75, 3.05) is 18.8 Å². The van der Waals surface area contributed by atoms with E-state index in [1.165, 1.54) is 0 Å². The number of hydrogen-bond donors (Lipinski definition) is 1. The summed E-state index contributed by atoms with van der Waals surface area (Å²) in [7, 11) is -2.99. The van der Waals surface area contributed by atoms with Gasteiger partial charge in [0, 0.05) is 6.54 Å². The van der Waals surface area contributed by atoms with E-state index >= 15 is 0 Å². The van der Waals surface area contributed by atoms with Crippen LogP contribution in [0.5, 0.6) is 0 Å². The third-order valence-electron chi connectivity index (χ3n) is 3.01. The topological polar surface area (TPSA) is 46.2 Å². The van der Waals surface area contributed by atoms with Crippen LogP contribution in [0, 0.1) is 5.41 Å². The Balaban J connectivity index is 4.27. The highest BCUT2D eigenvalue weighted by Crippen LogP contribution is 2.24. The fourth-order valence-corrected chi connectivity index (χ4v) is 2.84. The largest absolute Gasteiger partial charge is 0.316 e. The Labute approximate surface area is 107 Å². The van der Waals surface area contributed by atoms with Gasteiger partial charge in [0.05, 0.1) is 10.5 Å². The second-order valence-electron chi connectivity index (χ2n) is 6.52. The maximum atomic E-state index is 12.0. The van der Waals surface area contributed by atoms with E-state index in [0.29, 0.717) is 6.42 Å². The SMILES string of the molecule is CCCNCC(C)(C)CCS(=O)(=O)C(C)(C)C. The second-order valence-corrected chi connectivity index (χ2v) is 9.38. The Morgan fingerprint density at radius 3 is 2.00 bits per heavy atom. The van der Waals surface area contributed by atoms with E-state index in [0.717, 1.165) is 19.5 Å². The first kappa shape index (κ1) is 16.9. The van der Waals surface area contributed by atoms with E-state index in [-0.39, 0.29) is 11.2 Å². The molecule has 0 spiro atoms. The Hall–Kier alpha value is -0.0900. The van der Waals surface area contributed by atoms with Crippen LogP contribution in [-0.4, -0.2) is 32.0 Å². The molecule has 3 nitrogen and oxygen atoms in total. The van der Waals surface area contributed by atoms with Gasteiger partial charge in [-0.05, 0) is 45.6 Å². The fraction of sp³-hybridized carbons (Fsp3) is 1.00. The number of sulfone groups is 1. The van der Waals surface area contributed by atoms with E-state index in [1.807, 2.05) is 0 Å². The molecule has 1 N–H and O–H groups in total. The first-order valence-corrected chi connectivity index (χ1v) is 8.10. The molecule has 0 aliphatic rings. The van der Waals surface area contributed by atoms with E-state index in [1.54, 1.807) is 20.8 Å². The van der Waals surface area contributed by atoms with Crippen LogP contribution in [0.1, 0.15) is 54.4 Å². The van der Waals surface area contributed by atoms with Crippen LogP contribution in [0.15, 0.2) is 0 Å². The van der Waals surface area contributed by atoms with E-state index < -0.39 is 14.6 Å². The van der Waals surface area contributed by atoms with Crippen LogP contribution in [0.4, 0.5) is 0 Å². The average Bonchev–Trinajstić information content (AvgIpc) is 2.14. The molecular formula is C13H29NO2S. The highest BCUT2D eigenvalue weighted by molar-refractivity contribution is 7.92. The van der Waals surface area contributed by atoms with Gasteiger partial charge in [-0.25, -0.2) is 8.42 Å². The van der Waals surface area contributed by atoms with Crippen LogP contribution in [0.3, 0.4) is 0 Å². The number of hydrogen-bond acceptors (Lipinski definition) is 3. The van der Waals surface area contributed by atoms with Crippen molar-refractivity contribution in [2.24, 2.45) is 5.41 Å². The molecule has 0 bridgehead atoms. The summed E-state index contributed by atoms with van der Waals surface area (Å²) in [5.74, 6) is 0.275. The van der Waals surface area contributed by atoms with E-state index in [2.05, 4.69) is 26.1 Å². The quantitative estimate of drug-likeness (QED) is 0.718. The van der Waals surface area contributed by atoms with Crippen molar-refractivity contribution in [1.29, 1.82) is 0 Å². The Morgan fingerprint density at radius 1 is 1.06 bits per heavy atom. The maximum Gasteiger partial charge on any atom is 0.155 e. The standard InChI is InChI=1S/C13H29NO2S/c1-7-9-14-11-13(5,6)8-10-17(15,16)12(2,3)4/h14H,7-11H2,1-6H3. The molecule has 0 aromatic carbocycles. The predicted molar refractivity (Wildman–Crippen MR) is 75.1 cm³/mol. The summed E-state index contributed by atoms with van der Waals surface area (Å²) >= 11 is 0. The summed E-state index contributed by atoms with van der Waals surface area (Å²) in [5, 5.41) is 3.36. The molecule has 17 heavy (non-hydrogen) atoms. The zero-order chi connectivity index (χ0) is 13.7. The summed E-state index contributed by atoms with van der Waals surface area (Å²) < 4.78 is 23.4. The summed E-state index contributed by atoms with van der Waals surface area (Å²) in [6.07, 6.45) is 1.82. The normalized spacial score (nSPS) is 14.0. The second kappa shape index (κ2) is 6.19. The van der Waals surface area contributed by atoms with Crippen molar-refractivity contribution >= 4 is 9.84 Å². The van der Waals surface area contributed by atoms with Crippen LogP contribution in [0.25, 0.3) is 0 Å². The van der Waals surface area contributed by atoms with Gasteiger partial charge in [-0.15, -0.1) is 0 Å². The molecule has 0 heterocycles. The Bertz CT molecular complexity index is 313. The van der Waals surface area contributed by atoms with Crippen LogP contribution in [0.2, 0.25) is 0 Å². The molecule has 0 amide bonds. The van der Waals surface area contributed by atoms with Gasteiger partial charge in [0.1, 0.15) is 0 Å². The lowest BCUT2D eigenvalue weighted by Crippen LogP contribution is -2.35. The minimum atomic E-state index is -2.99. The molecule has 0 saturated heterocycles. The van der Waals surface area contributed by atoms with Gasteiger partial charge in [0.15, 0.2) is 9.84 Å². The van der Waals surface area contributed by atoms with Crippen LogP contribution >= 0.6 is 0 Å². The fourth-order valence-electron chi connectivity index (χ4n) is 1.41. The van der Waals surface area contributed by atoms with Crippen molar-refractivity contribution in [2.45, 2.75) is 59.1 Å². The Morgan fingerprint density at radius 2 is 1.59 bits per heavy atom. The molecule has 0 aliphatic heterocycles. The molecule has 0 radical (unpaired) electrons. The van der Waals surface area contributed by atoms with Gasteiger partial charge in [0.2, 0.25) is 0 Å². The average molecular weight is 263 g/mol. The number of rotatable bonds is 7. The van der Waals surface area contributed by atoms with Crippen LogP contribution < -0.4 is 5.32 Å². The monoisotopic (exact) mass is 263 g/mol. The maximum absolute atomic E-state index is 12.0. The molecule has 4 heteroatoms. The summed E-state index contributed by atoms with van der Waals surface area (Å²) in [5.41, 5.74) is 0.0352. The van der Waals surface area contributed by atoms with Crippen molar-refractivity contribution in [3.63, 3.8) is 0 Å². The molecule has 0 atom stereocenters. The lowest BCUT2D eigenvalue weighted by atomic mass is 9.90. The summed E-state index contributed by atoms with van der Waals surface area (Å²) in [6.45, 7) is 13.5. The van der Waals surface area contributed by atoms with E-state index in [4.69, 9.17) is 0 Å². The highest BCUT2D eigenvalue weighted by atomic mass is 32.2. The van der Waals surface area contributed by atoms with Crippen molar-refractivity contribution in [3.05, 3.63) is 0 Å². The van der Waals surface area contributed by atoms with E-state index in [9.17, 15) is 8.42 Å². The predicted octanol–water partition coefficient (Wildman–Crippen LogP) is 2.62. The third kappa shape index (κ3) is 6.41. The molecule has 104 valence electrons. The first-order chi connectivity index (χ1) is 7.52. The zero-order valence-corrected chi connectivity index (χ0v) is 13.1. The third-order valence-corrected chi connectivity index (χ3v) is 5.62. The molecule has 0 rings (SSSR count). The minimum absolute atomic E-state index is 0.0352. The molecule has 0 fully saturated rings. The highest BCUT2D eigenvalue weighted by Gasteiger charge is 2.30. The number of nitrogens with one attached hydrogen (secondary N) is 1. The van der Waals surface area contributed by atoms with Gasteiger partial charge < -0.3 is 5.32 Å². The summed E-state index contributed by atoms with van der Waals surface area (Å²) in [6, 6.07) is 0. The lowest BCUT2D eigenvalue weighted by Gasteiger charge is -2.27. The minimum Gasteiger partial charge on any atom is -0.316 e. The lowest BCUT2D eigenvalue weighted by molar-refractivity contribution is 0.329. The van der Waals surface area contributed by atoms with Crippen LogP contribution in [-0.2, 0) is 9.84 Å². The molecular weight excluding hydrogens is 234 g/mol. The van der Waals surface area contributed by atoms with Crippen molar-refractivity contribution in [1.82, 2.24) is 5.32 Å². The Kier molecular flexibility index (Phi) is 6.15. The van der Waals surface area contributed by atoms with Gasteiger partial charge in [-0.1, -0.05) is 20.8 Å². The van der Waals surface area contributed by atoms with Crippen molar-refractivity contribution in [3.8, 4) is 0 Å². The van der Waals surface area contributed by atoms with Gasteiger partial charge >= 0.3 is 0 Å². The zero-order valence-electron chi connectivity index (χ0n) is 12.3. The smallest absolute Gasteiger partial charge is 0.155 e. The molecule has 0 aromatic rings. The van der Waals surface area contributed by atoms with Crippen molar-refractivity contribution < 1.29 is 8.42 Å². The molecule has 0 unspecified atom stereocenters. The molecule has 0 aromatic heterocycles. The van der Waals surface area contributed by atoms with Gasteiger partial charge in [-0.3, -0.25) is 0 Å².